The maximum Gasteiger partial charge on any atom is 0.0928 e. The topological polar surface area (TPSA) is 37.8 Å². The smallest absolute Gasteiger partial charge is 0.0928 e. The van der Waals surface area contributed by atoms with Crippen LogP contribution in [0.4, 0.5) is 0 Å². The fourth-order valence-electron chi connectivity index (χ4n) is 1.61. The molecule has 1 N–H and O–H groups in total. The van der Waals surface area contributed by atoms with Gasteiger partial charge in [0.15, 0.2) is 0 Å². The first-order valence-corrected chi connectivity index (χ1v) is 6.68. The van der Waals surface area contributed by atoms with E-state index in [9.17, 15) is 0 Å². The van der Waals surface area contributed by atoms with Gasteiger partial charge in [-0.1, -0.05) is 33.8 Å². The van der Waals surface area contributed by atoms with E-state index in [1.807, 2.05) is 30.6 Å². The molecule has 0 amide bonds. The number of hydrogen-bond acceptors (Lipinski definition) is 4. The Kier molecular flexibility index (Phi) is 4.34. The Hall–Kier alpha value is -0.680. The molecule has 17 heavy (non-hydrogen) atoms. The second-order valence-corrected chi connectivity index (χ2v) is 5.00. The summed E-state index contributed by atoms with van der Waals surface area (Å²) in [4.78, 5) is 0. The van der Waals surface area contributed by atoms with E-state index in [4.69, 9.17) is 23.2 Å². The third-order valence-electron chi connectivity index (χ3n) is 2.55. The molecule has 1 aromatic heterocycles. The lowest BCUT2D eigenvalue weighted by Crippen LogP contribution is -2.19. The normalized spacial score (nSPS) is 12.6. The van der Waals surface area contributed by atoms with E-state index in [1.165, 1.54) is 11.5 Å². The number of aromatic nitrogens is 2. The van der Waals surface area contributed by atoms with Crippen LogP contribution in [0.5, 0.6) is 0 Å². The molecule has 6 heteroatoms. The molecule has 2 aromatic rings. The van der Waals surface area contributed by atoms with Gasteiger partial charge in [0.1, 0.15) is 0 Å². The Bertz CT molecular complexity index is 467. The first kappa shape index (κ1) is 12.8. The summed E-state index contributed by atoms with van der Waals surface area (Å²) in [5.74, 6) is 0. The minimum Gasteiger partial charge on any atom is -0.311 e. The average molecular weight is 288 g/mol. The van der Waals surface area contributed by atoms with Crippen LogP contribution in [0.15, 0.2) is 23.6 Å². The molecule has 0 fully saturated rings. The number of rotatable bonds is 4. The summed E-state index contributed by atoms with van der Waals surface area (Å²) in [6.07, 6.45) is 0.695. The molecule has 1 aromatic carbocycles. The van der Waals surface area contributed by atoms with Crippen molar-refractivity contribution in [2.75, 3.05) is 7.05 Å². The highest BCUT2D eigenvalue weighted by Crippen LogP contribution is 2.28. The Morgan fingerprint density at radius 3 is 2.59 bits per heavy atom. The predicted octanol–water partition coefficient (Wildman–Crippen LogP) is 3.35. The highest BCUT2D eigenvalue weighted by molar-refractivity contribution is 7.03. The van der Waals surface area contributed by atoms with Gasteiger partial charge in [0, 0.05) is 15.4 Å². The third-order valence-corrected chi connectivity index (χ3v) is 3.78. The molecule has 2 rings (SSSR count). The van der Waals surface area contributed by atoms with Crippen LogP contribution >= 0.6 is 34.7 Å². The Balaban J connectivity index is 2.25. The molecule has 0 bridgehead atoms. The van der Waals surface area contributed by atoms with Gasteiger partial charge in [0.05, 0.1) is 11.7 Å². The minimum absolute atomic E-state index is 0.0751. The number of nitrogens with one attached hydrogen (secondary N) is 1. The molecule has 0 radical (unpaired) electrons. The second kappa shape index (κ2) is 5.78. The summed E-state index contributed by atoms with van der Waals surface area (Å²) >= 11 is 13.6. The van der Waals surface area contributed by atoms with E-state index in [0.717, 1.165) is 11.3 Å². The molecule has 0 saturated carbocycles. The molecule has 1 heterocycles. The highest BCUT2D eigenvalue weighted by Gasteiger charge is 2.16. The molecule has 0 aliphatic heterocycles. The summed E-state index contributed by atoms with van der Waals surface area (Å²) in [5, 5.41) is 10.5. The molecule has 90 valence electrons. The SMILES string of the molecule is CNC(Cc1c(Cl)cccc1Cl)c1csnn1. The van der Waals surface area contributed by atoms with Crippen molar-refractivity contribution in [1.29, 1.82) is 0 Å². The van der Waals surface area contributed by atoms with Gasteiger partial charge in [-0.15, -0.1) is 5.10 Å². The molecule has 0 spiro atoms. The molecule has 0 aliphatic carbocycles. The van der Waals surface area contributed by atoms with E-state index >= 15 is 0 Å². The van der Waals surface area contributed by atoms with Crippen LogP contribution in [-0.4, -0.2) is 16.6 Å². The van der Waals surface area contributed by atoms with Gasteiger partial charge in [-0.2, -0.15) is 0 Å². The maximum absolute atomic E-state index is 6.15. The monoisotopic (exact) mass is 287 g/mol. The molecular weight excluding hydrogens is 277 g/mol. The summed E-state index contributed by atoms with van der Waals surface area (Å²) in [6, 6.07) is 5.60. The molecule has 3 nitrogen and oxygen atoms in total. The predicted molar refractivity (Wildman–Crippen MR) is 71.9 cm³/mol. The third kappa shape index (κ3) is 2.96. The maximum atomic E-state index is 6.15. The largest absolute Gasteiger partial charge is 0.311 e. The number of benzene rings is 1. The zero-order valence-corrected chi connectivity index (χ0v) is 11.5. The van der Waals surface area contributed by atoms with Crippen molar-refractivity contribution in [2.45, 2.75) is 12.5 Å². The van der Waals surface area contributed by atoms with Crippen LogP contribution in [0, 0.1) is 0 Å². The van der Waals surface area contributed by atoms with Crippen LogP contribution in [-0.2, 0) is 6.42 Å². The van der Waals surface area contributed by atoms with Crippen LogP contribution in [0.1, 0.15) is 17.3 Å². The van der Waals surface area contributed by atoms with Crippen molar-refractivity contribution < 1.29 is 0 Å². The van der Waals surface area contributed by atoms with Crippen LogP contribution in [0.25, 0.3) is 0 Å². The molecule has 1 atom stereocenters. The summed E-state index contributed by atoms with van der Waals surface area (Å²) < 4.78 is 3.86. The van der Waals surface area contributed by atoms with Crippen molar-refractivity contribution in [3.05, 3.63) is 44.9 Å². The number of likely N-dealkylation sites (N-methyl/N-ethyl adjacent to an activating group) is 1. The second-order valence-electron chi connectivity index (χ2n) is 3.58. The minimum atomic E-state index is 0.0751. The van der Waals surface area contributed by atoms with Gasteiger partial charge < -0.3 is 5.32 Å². The lowest BCUT2D eigenvalue weighted by molar-refractivity contribution is 0.574. The van der Waals surface area contributed by atoms with Crippen molar-refractivity contribution in [2.24, 2.45) is 0 Å². The average Bonchev–Trinajstić information content (AvgIpc) is 2.82. The van der Waals surface area contributed by atoms with E-state index in [2.05, 4.69) is 14.9 Å². The first-order valence-electron chi connectivity index (χ1n) is 5.09. The highest BCUT2D eigenvalue weighted by atomic mass is 35.5. The van der Waals surface area contributed by atoms with Gasteiger partial charge in [0.25, 0.3) is 0 Å². The van der Waals surface area contributed by atoms with Gasteiger partial charge in [-0.3, -0.25) is 0 Å². The Labute approximate surface area is 114 Å². The standard InChI is InChI=1S/C11H11Cl2N3S/c1-14-10(11-6-17-16-15-11)5-7-8(12)3-2-4-9(7)13/h2-4,6,10,14H,5H2,1H3. The van der Waals surface area contributed by atoms with Crippen LogP contribution < -0.4 is 5.32 Å². The zero-order chi connectivity index (χ0) is 12.3. The van der Waals surface area contributed by atoms with Crippen molar-refractivity contribution in [3.8, 4) is 0 Å². The van der Waals surface area contributed by atoms with E-state index in [-0.39, 0.29) is 6.04 Å². The fourth-order valence-corrected chi connectivity index (χ4v) is 2.67. The van der Waals surface area contributed by atoms with Crippen LogP contribution in [0.2, 0.25) is 10.0 Å². The van der Waals surface area contributed by atoms with Crippen LogP contribution in [0.3, 0.4) is 0 Å². The summed E-state index contributed by atoms with van der Waals surface area (Å²) in [7, 11) is 1.88. The van der Waals surface area contributed by atoms with Gasteiger partial charge in [0.2, 0.25) is 0 Å². The summed E-state index contributed by atoms with van der Waals surface area (Å²) in [6.45, 7) is 0. The fraction of sp³-hybridized carbons (Fsp3) is 0.273. The molecule has 1 unspecified atom stereocenters. The van der Waals surface area contributed by atoms with Crippen molar-refractivity contribution >= 4 is 34.7 Å². The number of hydrogen-bond donors (Lipinski definition) is 1. The van der Waals surface area contributed by atoms with E-state index < -0.39 is 0 Å². The van der Waals surface area contributed by atoms with E-state index in [1.54, 1.807) is 0 Å². The van der Waals surface area contributed by atoms with Gasteiger partial charge in [-0.05, 0) is 42.7 Å². The summed E-state index contributed by atoms with van der Waals surface area (Å²) in [5.41, 5.74) is 1.84. The quantitative estimate of drug-likeness (QED) is 0.937. The lowest BCUT2D eigenvalue weighted by Gasteiger charge is -2.15. The van der Waals surface area contributed by atoms with Crippen molar-refractivity contribution in [3.63, 3.8) is 0 Å². The number of nitrogens with zero attached hydrogens (tertiary/aromatic N) is 2. The lowest BCUT2D eigenvalue weighted by atomic mass is 10.0. The Morgan fingerprint density at radius 2 is 2.06 bits per heavy atom. The Morgan fingerprint density at radius 1 is 1.35 bits per heavy atom. The molecular formula is C11H11Cl2N3S. The van der Waals surface area contributed by atoms with E-state index in [0.29, 0.717) is 16.5 Å². The first-order chi connectivity index (χ1) is 8.22. The number of halogens is 2. The zero-order valence-electron chi connectivity index (χ0n) is 9.15. The van der Waals surface area contributed by atoms with Gasteiger partial charge in [-0.25, -0.2) is 0 Å². The van der Waals surface area contributed by atoms with Gasteiger partial charge >= 0.3 is 0 Å². The molecule has 0 aliphatic rings. The molecule has 0 saturated heterocycles. The van der Waals surface area contributed by atoms with Crippen molar-refractivity contribution in [1.82, 2.24) is 14.9 Å².